The van der Waals surface area contributed by atoms with Gasteiger partial charge in [-0.1, -0.05) is 35.3 Å². The molecule has 1 aromatic heterocycles. The van der Waals surface area contributed by atoms with E-state index in [4.69, 9.17) is 23.2 Å². The van der Waals surface area contributed by atoms with Crippen LogP contribution >= 0.6 is 23.2 Å². The van der Waals surface area contributed by atoms with Crippen LogP contribution in [0.5, 0.6) is 0 Å². The first-order valence-corrected chi connectivity index (χ1v) is 14.5. The molecule has 1 atom stereocenters. The maximum atomic E-state index is 14.2. The maximum absolute atomic E-state index is 14.2. The van der Waals surface area contributed by atoms with Gasteiger partial charge in [0, 0.05) is 49.7 Å². The molecule has 2 aliphatic rings. The summed E-state index contributed by atoms with van der Waals surface area (Å²) >= 11 is 12.5. The molecule has 0 bridgehead atoms. The highest BCUT2D eigenvalue weighted by Gasteiger charge is 2.52. The largest absolute Gasteiger partial charge is 0.341 e. The Morgan fingerprint density at radius 1 is 1.10 bits per heavy atom. The van der Waals surface area contributed by atoms with E-state index >= 15 is 0 Å². The monoisotopic (exact) mass is 601 g/mol. The van der Waals surface area contributed by atoms with Crippen LogP contribution in [0.15, 0.2) is 53.7 Å². The number of hydrogen-bond acceptors (Lipinski definition) is 6. The number of fused-ring (bicyclic) bond motifs is 1. The molecule has 40 heavy (non-hydrogen) atoms. The molecule has 208 valence electrons. The first-order chi connectivity index (χ1) is 19.0. The minimum atomic E-state index is -4.12. The molecule has 3 amide bonds. The number of nitrogens with one attached hydrogen (secondary N) is 1. The van der Waals surface area contributed by atoms with Gasteiger partial charge in [0.15, 0.2) is 5.03 Å². The van der Waals surface area contributed by atoms with Crippen molar-refractivity contribution in [2.24, 2.45) is 0 Å². The van der Waals surface area contributed by atoms with Crippen LogP contribution in [0, 0.1) is 11.3 Å². The highest BCUT2D eigenvalue weighted by atomic mass is 35.5. The summed E-state index contributed by atoms with van der Waals surface area (Å²) in [5, 5.41) is 12.2. The van der Waals surface area contributed by atoms with Crippen LogP contribution in [0.2, 0.25) is 10.0 Å². The number of piperazine rings is 1. The third-order valence-electron chi connectivity index (χ3n) is 7.15. The number of carbonyl (C=O) groups is 2. The quantitative estimate of drug-likeness (QED) is 0.477. The fraction of sp³-hybridized carbons (Fsp3) is 0.308. The summed E-state index contributed by atoms with van der Waals surface area (Å²) in [6.45, 7) is 2.27. The number of nitrogens with zero attached hydrogens (tertiary/aromatic N) is 6. The Kier molecular flexibility index (Phi) is 7.26. The van der Waals surface area contributed by atoms with Crippen molar-refractivity contribution in [2.75, 3.05) is 38.1 Å². The molecule has 0 spiro atoms. The number of nitriles is 1. The molecule has 5 rings (SSSR count). The Labute approximate surface area is 241 Å². The fourth-order valence-corrected chi connectivity index (χ4v) is 7.25. The molecule has 0 aliphatic carbocycles. The lowest BCUT2D eigenvalue weighted by Gasteiger charge is -2.34. The van der Waals surface area contributed by atoms with Gasteiger partial charge in [-0.2, -0.15) is 9.57 Å². The summed E-state index contributed by atoms with van der Waals surface area (Å²) < 4.78 is 30.7. The van der Waals surface area contributed by atoms with Crippen LogP contribution in [0.3, 0.4) is 0 Å². The van der Waals surface area contributed by atoms with Crippen molar-refractivity contribution in [3.05, 3.63) is 69.8 Å². The predicted octanol–water partition coefficient (Wildman–Crippen LogP) is 3.34. The van der Waals surface area contributed by atoms with Gasteiger partial charge in [-0.05, 0) is 42.8 Å². The van der Waals surface area contributed by atoms with Gasteiger partial charge >= 0.3 is 6.03 Å². The highest BCUT2D eigenvalue weighted by Crippen LogP contribution is 2.44. The molecule has 0 radical (unpaired) electrons. The van der Waals surface area contributed by atoms with E-state index in [1.807, 2.05) is 0 Å². The van der Waals surface area contributed by atoms with Gasteiger partial charge in [-0.3, -0.25) is 9.36 Å². The van der Waals surface area contributed by atoms with E-state index in [2.05, 4.69) is 16.4 Å². The van der Waals surface area contributed by atoms with Gasteiger partial charge < -0.3 is 10.2 Å². The number of imidazole rings is 1. The Bertz CT molecular complexity index is 1620. The van der Waals surface area contributed by atoms with Gasteiger partial charge in [0.05, 0.1) is 23.5 Å². The van der Waals surface area contributed by atoms with Gasteiger partial charge in [0.25, 0.3) is 15.9 Å². The molecule has 3 heterocycles. The topological polar surface area (TPSA) is 132 Å². The minimum absolute atomic E-state index is 0.0875. The first-order valence-electron chi connectivity index (χ1n) is 12.3. The smallest absolute Gasteiger partial charge is 0.317 e. The van der Waals surface area contributed by atoms with E-state index in [9.17, 15) is 23.3 Å². The molecule has 2 aromatic carbocycles. The van der Waals surface area contributed by atoms with Gasteiger partial charge in [0.1, 0.15) is 5.54 Å². The lowest BCUT2D eigenvalue weighted by Crippen LogP contribution is -2.53. The SMILES string of the molecule is CNC(=O)N1CCN(S(=O)(=O)c2cnc3n2[C@](C)(Cc2ccc(C#N)cc2)C(=O)N3c2cc(Cl)cc(Cl)c2)CC1. The molecule has 3 aromatic rings. The second-order valence-electron chi connectivity index (χ2n) is 9.71. The van der Waals surface area contributed by atoms with Gasteiger partial charge in [-0.15, -0.1) is 0 Å². The van der Waals surface area contributed by atoms with Crippen LogP contribution in [0.25, 0.3) is 0 Å². The summed E-state index contributed by atoms with van der Waals surface area (Å²) in [6.07, 6.45) is 1.37. The van der Waals surface area contributed by atoms with E-state index in [0.717, 1.165) is 5.56 Å². The summed E-state index contributed by atoms with van der Waals surface area (Å²) in [5.74, 6) is -0.304. The van der Waals surface area contributed by atoms with Crippen molar-refractivity contribution in [3.8, 4) is 6.07 Å². The number of rotatable bonds is 5. The Morgan fingerprint density at radius 2 is 1.73 bits per heavy atom. The zero-order valence-electron chi connectivity index (χ0n) is 21.6. The molecule has 14 heteroatoms. The zero-order chi connectivity index (χ0) is 28.8. The van der Waals surface area contributed by atoms with Crippen molar-refractivity contribution < 1.29 is 18.0 Å². The Hall–Kier alpha value is -3.63. The van der Waals surface area contributed by atoms with Crippen LogP contribution < -0.4 is 10.2 Å². The second-order valence-corrected chi connectivity index (χ2v) is 12.5. The highest BCUT2D eigenvalue weighted by molar-refractivity contribution is 7.89. The Morgan fingerprint density at radius 3 is 2.30 bits per heavy atom. The fourth-order valence-electron chi connectivity index (χ4n) is 5.13. The van der Waals surface area contributed by atoms with Crippen molar-refractivity contribution in [1.82, 2.24) is 24.1 Å². The van der Waals surface area contributed by atoms with E-state index in [1.54, 1.807) is 43.3 Å². The Balaban J connectivity index is 1.60. The average molecular weight is 603 g/mol. The standard InChI is InChI=1S/C26H25Cl2N7O4S/c1-26(14-17-3-5-18(15-29)6-4-17)23(36)34(21-12-19(27)11-20(28)13-21)24-31-16-22(35(24)26)40(38,39)33-9-7-32(8-10-33)25(37)30-2/h3-6,11-13,16H,7-10,14H2,1-2H3,(H,30,37)/t26-/m1/s1. The minimum Gasteiger partial charge on any atom is -0.341 e. The molecule has 1 saturated heterocycles. The molecular formula is C26H25Cl2N7O4S. The zero-order valence-corrected chi connectivity index (χ0v) is 24.0. The third kappa shape index (κ3) is 4.69. The number of amides is 3. The summed E-state index contributed by atoms with van der Waals surface area (Å²) in [7, 11) is -2.60. The second kappa shape index (κ2) is 10.4. The molecule has 2 aliphatic heterocycles. The predicted molar refractivity (Wildman–Crippen MR) is 149 cm³/mol. The summed E-state index contributed by atoms with van der Waals surface area (Å²) in [5.41, 5.74) is 0.134. The first kappa shape index (κ1) is 27.9. The number of carbonyl (C=O) groups excluding carboxylic acids is 2. The van der Waals surface area contributed by atoms with E-state index in [-0.39, 0.29) is 49.6 Å². The third-order valence-corrected chi connectivity index (χ3v) is 9.45. The molecule has 0 unspecified atom stereocenters. The van der Waals surface area contributed by atoms with Gasteiger partial charge in [-0.25, -0.2) is 23.1 Å². The van der Waals surface area contributed by atoms with Crippen LogP contribution in [-0.4, -0.2) is 72.3 Å². The number of hydrogen-bond donors (Lipinski definition) is 1. The van der Waals surface area contributed by atoms with E-state index in [0.29, 0.717) is 21.3 Å². The molecular weight excluding hydrogens is 577 g/mol. The van der Waals surface area contributed by atoms with Gasteiger partial charge in [0.2, 0.25) is 5.95 Å². The number of aromatic nitrogens is 2. The number of halogens is 2. The number of sulfonamides is 1. The summed E-state index contributed by atoms with van der Waals surface area (Å²) in [6, 6.07) is 13.2. The van der Waals surface area contributed by atoms with Crippen molar-refractivity contribution >= 4 is 56.8 Å². The van der Waals surface area contributed by atoms with E-state index < -0.39 is 21.5 Å². The van der Waals surface area contributed by atoms with Crippen molar-refractivity contribution in [3.63, 3.8) is 0 Å². The lowest BCUT2D eigenvalue weighted by atomic mass is 9.91. The van der Waals surface area contributed by atoms with Crippen LogP contribution in [0.1, 0.15) is 18.1 Å². The summed E-state index contributed by atoms with van der Waals surface area (Å²) in [4.78, 5) is 33.4. The number of urea groups is 1. The van der Waals surface area contributed by atoms with Crippen LogP contribution in [0.4, 0.5) is 16.4 Å². The maximum Gasteiger partial charge on any atom is 0.317 e. The molecule has 0 saturated carbocycles. The molecule has 1 N–H and O–H groups in total. The van der Waals surface area contributed by atoms with Crippen molar-refractivity contribution in [1.29, 1.82) is 5.26 Å². The lowest BCUT2D eigenvalue weighted by molar-refractivity contribution is -0.124. The van der Waals surface area contributed by atoms with Crippen LogP contribution in [-0.2, 0) is 26.8 Å². The van der Waals surface area contributed by atoms with Crippen molar-refractivity contribution in [2.45, 2.75) is 23.9 Å². The normalized spacial score (nSPS) is 19.4. The number of benzene rings is 2. The molecule has 11 nitrogen and oxygen atoms in total. The number of anilines is 2. The van der Waals surface area contributed by atoms with E-state index in [1.165, 1.54) is 38.0 Å². The molecule has 1 fully saturated rings. The average Bonchev–Trinajstić information content (AvgIpc) is 3.46.